The van der Waals surface area contributed by atoms with Crippen molar-refractivity contribution in [3.8, 4) is 11.5 Å². The monoisotopic (exact) mass is 486 g/mol. The van der Waals surface area contributed by atoms with Crippen LogP contribution in [0.25, 0.3) is 6.08 Å². The molecule has 0 spiro atoms. The van der Waals surface area contributed by atoms with Gasteiger partial charge in [0.1, 0.15) is 0 Å². The summed E-state index contributed by atoms with van der Waals surface area (Å²) in [4.78, 5) is 27.2. The molecule has 0 aliphatic carbocycles. The van der Waals surface area contributed by atoms with Crippen molar-refractivity contribution in [3.05, 3.63) is 89.5 Å². The second-order valence-corrected chi connectivity index (χ2v) is 8.41. The van der Waals surface area contributed by atoms with Crippen molar-refractivity contribution in [2.45, 2.75) is 6.92 Å². The number of nitrogens with zero attached hydrogens (tertiary/aromatic N) is 1. The van der Waals surface area contributed by atoms with Gasteiger partial charge in [0.25, 0.3) is 5.91 Å². The van der Waals surface area contributed by atoms with Gasteiger partial charge >= 0.3 is 0 Å². The second kappa shape index (κ2) is 12.0. The predicted molar refractivity (Wildman–Crippen MR) is 141 cm³/mol. The zero-order valence-corrected chi connectivity index (χ0v) is 20.5. The second-order valence-electron chi connectivity index (χ2n) is 8.41. The van der Waals surface area contributed by atoms with Crippen molar-refractivity contribution in [1.29, 1.82) is 0 Å². The van der Waals surface area contributed by atoms with Crippen LogP contribution in [0.3, 0.4) is 0 Å². The Labute approximate surface area is 211 Å². The average molecular weight is 487 g/mol. The number of carbonyl (C=O) groups is 2. The number of ether oxygens (including phenoxy) is 3. The third kappa shape index (κ3) is 6.52. The number of amides is 1. The zero-order chi connectivity index (χ0) is 25.3. The van der Waals surface area contributed by atoms with Crippen LogP contribution >= 0.6 is 0 Å². The van der Waals surface area contributed by atoms with Crippen LogP contribution in [0, 0.1) is 6.92 Å². The fourth-order valence-electron chi connectivity index (χ4n) is 3.88. The molecule has 4 rings (SSSR count). The molecule has 0 unspecified atom stereocenters. The Morgan fingerprint density at radius 2 is 1.75 bits per heavy atom. The summed E-state index contributed by atoms with van der Waals surface area (Å²) < 4.78 is 16.5. The molecule has 1 amide bonds. The Morgan fingerprint density at radius 3 is 2.47 bits per heavy atom. The summed E-state index contributed by atoms with van der Waals surface area (Å²) in [5.41, 5.74) is 4.21. The van der Waals surface area contributed by atoms with E-state index in [0.717, 1.165) is 48.8 Å². The van der Waals surface area contributed by atoms with E-state index in [0.29, 0.717) is 17.1 Å². The van der Waals surface area contributed by atoms with Crippen LogP contribution in [0.4, 0.5) is 11.4 Å². The number of para-hydroxylation sites is 1. The molecular formula is C29H30N2O5. The van der Waals surface area contributed by atoms with Crippen LogP contribution in [0.15, 0.2) is 72.8 Å². The lowest BCUT2D eigenvalue weighted by Gasteiger charge is -2.28. The summed E-state index contributed by atoms with van der Waals surface area (Å²) in [6.07, 6.45) is 3.27. The molecule has 3 aromatic rings. The molecule has 7 nitrogen and oxygen atoms in total. The minimum absolute atomic E-state index is 0.0873. The Hall–Kier alpha value is -4.10. The summed E-state index contributed by atoms with van der Waals surface area (Å²) in [5.74, 6) is 0.569. The highest BCUT2D eigenvalue weighted by Gasteiger charge is 2.12. The summed E-state index contributed by atoms with van der Waals surface area (Å²) in [6.45, 7) is 4.92. The summed E-state index contributed by atoms with van der Waals surface area (Å²) in [5, 5.41) is 2.84. The number of hydrogen-bond donors (Lipinski definition) is 1. The molecule has 1 N–H and O–H groups in total. The number of nitrogens with one attached hydrogen (secondary N) is 1. The van der Waals surface area contributed by atoms with E-state index in [-0.39, 0.29) is 18.3 Å². The first kappa shape index (κ1) is 25.0. The van der Waals surface area contributed by atoms with E-state index in [1.807, 2.05) is 61.5 Å². The number of aryl methyl sites for hydroxylation is 1. The Morgan fingerprint density at radius 1 is 1.00 bits per heavy atom. The number of morpholine rings is 1. The van der Waals surface area contributed by atoms with Crippen LogP contribution in [-0.4, -0.2) is 51.7 Å². The van der Waals surface area contributed by atoms with Crippen molar-refractivity contribution in [2.24, 2.45) is 0 Å². The number of methoxy groups -OCH3 is 1. The van der Waals surface area contributed by atoms with Gasteiger partial charge in [-0.2, -0.15) is 0 Å². The molecule has 0 saturated carbocycles. The summed E-state index contributed by atoms with van der Waals surface area (Å²) in [7, 11) is 1.53. The molecule has 36 heavy (non-hydrogen) atoms. The maximum Gasteiger partial charge on any atom is 0.262 e. The van der Waals surface area contributed by atoms with Crippen molar-refractivity contribution >= 4 is 29.1 Å². The maximum atomic E-state index is 12.7. The number of anilines is 2. The van der Waals surface area contributed by atoms with E-state index >= 15 is 0 Å². The van der Waals surface area contributed by atoms with Gasteiger partial charge in [0.2, 0.25) is 0 Å². The molecule has 1 fully saturated rings. The van der Waals surface area contributed by atoms with Gasteiger partial charge < -0.3 is 24.4 Å². The number of allylic oxidation sites excluding steroid dienone is 1. The SMILES string of the molecule is COc1cc(/C=C/C(=O)c2ccc(N3CCOCC3)cc2)ccc1OCC(=O)Nc1ccccc1C. The normalized spacial score (nSPS) is 13.4. The van der Waals surface area contributed by atoms with Gasteiger partial charge in [-0.1, -0.05) is 30.3 Å². The number of benzene rings is 3. The average Bonchev–Trinajstić information content (AvgIpc) is 2.92. The molecule has 0 atom stereocenters. The van der Waals surface area contributed by atoms with Gasteiger partial charge in [0.05, 0.1) is 20.3 Å². The van der Waals surface area contributed by atoms with E-state index in [9.17, 15) is 9.59 Å². The molecule has 7 heteroatoms. The Balaban J connectivity index is 1.34. The molecule has 1 aliphatic rings. The van der Waals surface area contributed by atoms with Crippen LogP contribution in [0.1, 0.15) is 21.5 Å². The van der Waals surface area contributed by atoms with Gasteiger partial charge in [-0.05, 0) is 66.6 Å². The largest absolute Gasteiger partial charge is 0.493 e. The van der Waals surface area contributed by atoms with Crippen molar-refractivity contribution < 1.29 is 23.8 Å². The standard InChI is InChI=1S/C29H30N2O5/c1-21-5-3-4-6-25(21)30-29(33)20-36-27-14-8-22(19-28(27)34-2)7-13-26(32)23-9-11-24(12-10-23)31-15-17-35-18-16-31/h3-14,19H,15-18,20H2,1-2H3,(H,30,33)/b13-7+. The highest BCUT2D eigenvalue weighted by molar-refractivity contribution is 6.07. The number of ketones is 1. The summed E-state index contributed by atoms with van der Waals surface area (Å²) in [6, 6.07) is 20.5. The van der Waals surface area contributed by atoms with Crippen LogP contribution in [0.2, 0.25) is 0 Å². The molecule has 3 aromatic carbocycles. The molecule has 0 bridgehead atoms. The van der Waals surface area contributed by atoms with Gasteiger partial charge in [0.15, 0.2) is 23.9 Å². The lowest BCUT2D eigenvalue weighted by molar-refractivity contribution is -0.118. The quantitative estimate of drug-likeness (QED) is 0.347. The minimum Gasteiger partial charge on any atom is -0.493 e. The van der Waals surface area contributed by atoms with E-state index < -0.39 is 0 Å². The molecule has 0 radical (unpaired) electrons. The maximum absolute atomic E-state index is 12.7. The fourth-order valence-corrected chi connectivity index (χ4v) is 3.88. The Bertz CT molecular complexity index is 1230. The van der Waals surface area contributed by atoms with Crippen LogP contribution in [0.5, 0.6) is 11.5 Å². The lowest BCUT2D eigenvalue weighted by atomic mass is 10.1. The lowest BCUT2D eigenvalue weighted by Crippen LogP contribution is -2.36. The predicted octanol–water partition coefficient (Wildman–Crippen LogP) is 4.75. The highest BCUT2D eigenvalue weighted by atomic mass is 16.5. The fraction of sp³-hybridized carbons (Fsp3) is 0.241. The third-order valence-corrected chi connectivity index (χ3v) is 5.92. The molecule has 186 valence electrons. The highest BCUT2D eigenvalue weighted by Crippen LogP contribution is 2.29. The van der Waals surface area contributed by atoms with Gasteiger partial charge in [-0.25, -0.2) is 0 Å². The van der Waals surface area contributed by atoms with Crippen molar-refractivity contribution in [1.82, 2.24) is 0 Å². The van der Waals surface area contributed by atoms with Crippen molar-refractivity contribution in [2.75, 3.05) is 50.2 Å². The summed E-state index contributed by atoms with van der Waals surface area (Å²) >= 11 is 0. The van der Waals surface area contributed by atoms with E-state index in [1.54, 1.807) is 18.2 Å². The molecule has 0 aromatic heterocycles. The Kier molecular flexibility index (Phi) is 8.36. The molecule has 1 heterocycles. The van der Waals surface area contributed by atoms with E-state index in [2.05, 4.69) is 10.2 Å². The number of hydrogen-bond acceptors (Lipinski definition) is 6. The molecule has 1 saturated heterocycles. The first-order valence-electron chi connectivity index (χ1n) is 11.8. The van der Waals surface area contributed by atoms with Crippen molar-refractivity contribution in [3.63, 3.8) is 0 Å². The van der Waals surface area contributed by atoms with Crippen LogP contribution in [-0.2, 0) is 9.53 Å². The van der Waals surface area contributed by atoms with Crippen LogP contribution < -0.4 is 19.7 Å². The van der Waals surface area contributed by atoms with Gasteiger partial charge in [-0.3, -0.25) is 9.59 Å². The van der Waals surface area contributed by atoms with E-state index in [1.165, 1.54) is 13.2 Å². The topological polar surface area (TPSA) is 77.1 Å². The van der Waals surface area contributed by atoms with Gasteiger partial charge in [-0.15, -0.1) is 0 Å². The van der Waals surface area contributed by atoms with Gasteiger partial charge in [0, 0.05) is 30.0 Å². The third-order valence-electron chi connectivity index (χ3n) is 5.92. The van der Waals surface area contributed by atoms with E-state index in [4.69, 9.17) is 14.2 Å². The first-order chi connectivity index (χ1) is 17.5. The smallest absolute Gasteiger partial charge is 0.262 e. The molecular weight excluding hydrogens is 456 g/mol. The number of carbonyl (C=O) groups excluding carboxylic acids is 2. The minimum atomic E-state index is -0.263. The molecule has 1 aliphatic heterocycles. The number of rotatable bonds is 9. The zero-order valence-electron chi connectivity index (χ0n) is 20.5. The first-order valence-corrected chi connectivity index (χ1v) is 11.8.